The topological polar surface area (TPSA) is 113 Å². The molecule has 34 heavy (non-hydrogen) atoms. The number of nitrogens with zero attached hydrogens (tertiary/aromatic N) is 2. The fourth-order valence-corrected chi connectivity index (χ4v) is 3.26. The van der Waals surface area contributed by atoms with Crippen LogP contribution in [0.15, 0.2) is 42.5 Å². The minimum Gasteiger partial charge on any atom is -0.497 e. The van der Waals surface area contributed by atoms with Crippen molar-refractivity contribution in [2.24, 2.45) is 0 Å². The first-order valence-corrected chi connectivity index (χ1v) is 10.6. The van der Waals surface area contributed by atoms with E-state index in [9.17, 15) is 9.90 Å². The number of aryl methyl sites for hydroxylation is 1. The fourth-order valence-electron chi connectivity index (χ4n) is 3.26. The number of aromatic carboxylic acids is 1. The maximum absolute atomic E-state index is 12.2. The third kappa shape index (κ3) is 6.18. The zero-order valence-electron chi connectivity index (χ0n) is 19.7. The molecule has 0 aliphatic carbocycles. The van der Waals surface area contributed by atoms with Crippen molar-refractivity contribution in [1.29, 1.82) is 0 Å². The molecule has 1 heterocycles. The summed E-state index contributed by atoms with van der Waals surface area (Å²) in [5.74, 6) is 0.694. The van der Waals surface area contributed by atoms with Crippen LogP contribution < -0.4 is 19.5 Å². The summed E-state index contributed by atoms with van der Waals surface area (Å²) < 4.78 is 28.0. The van der Waals surface area contributed by atoms with Crippen molar-refractivity contribution in [1.82, 2.24) is 9.78 Å². The van der Waals surface area contributed by atoms with E-state index in [1.54, 1.807) is 17.9 Å². The lowest BCUT2D eigenvalue weighted by atomic mass is 10.1. The van der Waals surface area contributed by atoms with Gasteiger partial charge in [0.25, 0.3) is 0 Å². The summed E-state index contributed by atoms with van der Waals surface area (Å²) in [6.07, 6.45) is 0.718. The van der Waals surface area contributed by atoms with E-state index >= 15 is 0 Å². The van der Waals surface area contributed by atoms with Crippen LogP contribution in [0.3, 0.4) is 0 Å². The number of carboxylic acid groups (broad SMARTS) is 1. The van der Waals surface area contributed by atoms with Crippen molar-refractivity contribution in [2.75, 3.05) is 40.2 Å². The van der Waals surface area contributed by atoms with E-state index in [4.69, 9.17) is 23.7 Å². The van der Waals surface area contributed by atoms with Gasteiger partial charge in [-0.1, -0.05) is 19.1 Å². The van der Waals surface area contributed by atoms with Gasteiger partial charge in [0.05, 0.1) is 25.0 Å². The van der Waals surface area contributed by atoms with Crippen LogP contribution >= 0.6 is 0 Å². The number of hydrogen-bond donors (Lipinski definition) is 2. The van der Waals surface area contributed by atoms with E-state index in [1.165, 1.54) is 20.3 Å². The molecule has 0 saturated heterocycles. The lowest BCUT2D eigenvalue weighted by Crippen LogP contribution is -2.12. The molecule has 2 N–H and O–H groups in total. The van der Waals surface area contributed by atoms with Gasteiger partial charge in [-0.15, -0.1) is 0 Å². The van der Waals surface area contributed by atoms with Gasteiger partial charge in [-0.25, -0.2) is 9.48 Å². The molecule has 0 aliphatic heterocycles. The minimum atomic E-state index is -1.16. The number of rotatable bonds is 13. The maximum Gasteiger partial charge on any atom is 0.341 e. The normalized spacial score (nSPS) is 10.7. The summed E-state index contributed by atoms with van der Waals surface area (Å²) in [4.78, 5) is 12.2. The molecule has 3 rings (SSSR count). The molecule has 2 aromatic carbocycles. The van der Waals surface area contributed by atoms with Gasteiger partial charge < -0.3 is 34.1 Å². The number of methoxy groups -OCH3 is 3. The van der Waals surface area contributed by atoms with Crippen LogP contribution in [0, 0.1) is 0 Å². The number of carbonyl (C=O) groups is 1. The molecular weight excluding hydrogens is 442 g/mol. The van der Waals surface area contributed by atoms with Crippen molar-refractivity contribution < 1.29 is 33.6 Å². The Labute approximate surface area is 198 Å². The standard InChI is InChI=1S/C24H29N3O7/c1-5-17-10-22(27(26-17)13-16-6-8-18(32-4)9-7-16)25-20-11-19(33-14-30-2)12-21(34-15-31-3)23(20)24(28)29/h6-12,25H,5,13-15H2,1-4H3,(H,28,29). The summed E-state index contributed by atoms with van der Waals surface area (Å²) in [6, 6.07) is 12.6. The largest absolute Gasteiger partial charge is 0.497 e. The Balaban J connectivity index is 2.00. The molecule has 0 fully saturated rings. The molecule has 0 bridgehead atoms. The number of nitrogens with one attached hydrogen (secondary N) is 1. The summed E-state index contributed by atoms with van der Waals surface area (Å²) >= 11 is 0. The number of hydrogen-bond acceptors (Lipinski definition) is 8. The third-order valence-electron chi connectivity index (χ3n) is 4.91. The van der Waals surface area contributed by atoms with Gasteiger partial charge in [-0.2, -0.15) is 5.10 Å². The molecular formula is C24H29N3O7. The second-order valence-electron chi connectivity index (χ2n) is 7.26. The van der Waals surface area contributed by atoms with Gasteiger partial charge in [-0.05, 0) is 24.1 Å². The Morgan fingerprint density at radius 1 is 1.00 bits per heavy atom. The zero-order valence-corrected chi connectivity index (χ0v) is 19.7. The van der Waals surface area contributed by atoms with Crippen LogP contribution in [0.25, 0.3) is 0 Å². The van der Waals surface area contributed by atoms with Gasteiger partial charge >= 0.3 is 5.97 Å². The van der Waals surface area contributed by atoms with Crippen LogP contribution in [-0.2, 0) is 22.4 Å². The first kappa shape index (κ1) is 24.9. The van der Waals surface area contributed by atoms with Crippen LogP contribution in [-0.4, -0.2) is 55.8 Å². The average molecular weight is 472 g/mol. The van der Waals surface area contributed by atoms with Crippen molar-refractivity contribution in [3.05, 3.63) is 59.3 Å². The van der Waals surface area contributed by atoms with Gasteiger partial charge in [0.2, 0.25) is 0 Å². The minimum absolute atomic E-state index is 0.00897. The van der Waals surface area contributed by atoms with Gasteiger partial charge in [-0.3, -0.25) is 0 Å². The fraction of sp³-hybridized carbons (Fsp3) is 0.333. The van der Waals surface area contributed by atoms with E-state index < -0.39 is 5.97 Å². The molecule has 182 valence electrons. The Morgan fingerprint density at radius 3 is 2.32 bits per heavy atom. The lowest BCUT2D eigenvalue weighted by molar-refractivity contribution is 0.0446. The average Bonchev–Trinajstić information content (AvgIpc) is 3.22. The Bertz CT molecular complexity index is 1100. The van der Waals surface area contributed by atoms with E-state index in [-0.39, 0.29) is 30.6 Å². The molecule has 10 heteroatoms. The summed E-state index contributed by atoms with van der Waals surface area (Å²) in [7, 11) is 4.57. The number of benzene rings is 2. The molecule has 1 aromatic heterocycles. The number of ether oxygens (including phenoxy) is 5. The predicted octanol–water partition coefficient (Wildman–Crippen LogP) is 3.91. The smallest absolute Gasteiger partial charge is 0.341 e. The van der Waals surface area contributed by atoms with E-state index in [0.717, 1.165) is 23.4 Å². The quantitative estimate of drug-likeness (QED) is 0.358. The molecule has 0 unspecified atom stereocenters. The molecule has 0 spiro atoms. The highest BCUT2D eigenvalue weighted by Crippen LogP contribution is 2.35. The molecule has 10 nitrogen and oxygen atoms in total. The van der Waals surface area contributed by atoms with Crippen molar-refractivity contribution >= 4 is 17.5 Å². The molecule has 3 aromatic rings. The van der Waals surface area contributed by atoms with E-state index in [1.807, 2.05) is 37.3 Å². The molecule has 0 atom stereocenters. The molecule has 0 aliphatic rings. The Morgan fingerprint density at radius 2 is 1.71 bits per heavy atom. The van der Waals surface area contributed by atoms with Crippen molar-refractivity contribution in [2.45, 2.75) is 19.9 Å². The van der Waals surface area contributed by atoms with E-state index in [0.29, 0.717) is 18.1 Å². The van der Waals surface area contributed by atoms with Gasteiger partial charge in [0, 0.05) is 32.4 Å². The molecule has 0 amide bonds. The zero-order chi connectivity index (χ0) is 24.5. The van der Waals surface area contributed by atoms with Gasteiger partial charge in [0.15, 0.2) is 13.6 Å². The Kier molecular flexibility index (Phi) is 8.72. The Hall–Kier alpha value is -3.76. The van der Waals surface area contributed by atoms with Crippen molar-refractivity contribution in [3.63, 3.8) is 0 Å². The summed E-state index contributed by atoms with van der Waals surface area (Å²) in [6.45, 7) is 2.35. The number of carboxylic acids is 1. The van der Waals surface area contributed by atoms with Crippen LogP contribution in [0.2, 0.25) is 0 Å². The second-order valence-corrected chi connectivity index (χ2v) is 7.26. The van der Waals surface area contributed by atoms with Crippen LogP contribution in [0.4, 0.5) is 11.5 Å². The van der Waals surface area contributed by atoms with Crippen LogP contribution in [0.1, 0.15) is 28.5 Å². The number of anilines is 2. The monoisotopic (exact) mass is 471 g/mol. The third-order valence-corrected chi connectivity index (χ3v) is 4.91. The van der Waals surface area contributed by atoms with Gasteiger partial charge in [0.1, 0.15) is 28.6 Å². The molecule has 0 saturated carbocycles. The SMILES string of the molecule is CCc1cc(Nc2cc(OCOC)cc(OCOC)c2C(=O)O)n(Cc2ccc(OC)cc2)n1. The highest BCUT2D eigenvalue weighted by Gasteiger charge is 2.21. The summed E-state index contributed by atoms with van der Waals surface area (Å²) in [5.41, 5.74) is 2.09. The summed E-state index contributed by atoms with van der Waals surface area (Å²) in [5, 5.41) is 17.8. The van der Waals surface area contributed by atoms with Crippen molar-refractivity contribution in [3.8, 4) is 17.2 Å². The van der Waals surface area contributed by atoms with Crippen LogP contribution in [0.5, 0.6) is 17.2 Å². The first-order valence-electron chi connectivity index (χ1n) is 10.6. The second kappa shape index (κ2) is 11.9. The number of aromatic nitrogens is 2. The molecule has 0 radical (unpaired) electrons. The maximum atomic E-state index is 12.2. The predicted molar refractivity (Wildman–Crippen MR) is 125 cm³/mol. The first-order chi connectivity index (χ1) is 16.5. The van der Waals surface area contributed by atoms with E-state index in [2.05, 4.69) is 10.4 Å². The lowest BCUT2D eigenvalue weighted by Gasteiger charge is -2.17. The highest BCUT2D eigenvalue weighted by atomic mass is 16.7. The highest BCUT2D eigenvalue weighted by molar-refractivity contribution is 5.98.